The number of aliphatic hydroxyl groups is 1. The largest absolute Gasteiger partial charge is 0.454 e. The van der Waals surface area contributed by atoms with Crippen LogP contribution >= 0.6 is 22.9 Å². The number of carbonyl (C=O) groups excluding carboxylic acids is 1. The molecule has 0 spiro atoms. The summed E-state index contributed by atoms with van der Waals surface area (Å²) in [5, 5.41) is 16.3. The molecular weight excluding hydrogens is 460 g/mol. The molecule has 5 rings (SSSR count). The van der Waals surface area contributed by atoms with Crippen molar-refractivity contribution in [2.45, 2.75) is 43.7 Å². The van der Waals surface area contributed by atoms with Gasteiger partial charge in [0.1, 0.15) is 10.8 Å². The Labute approximate surface area is 201 Å². The Morgan fingerprint density at radius 3 is 2.79 bits per heavy atom. The molecule has 1 unspecified atom stereocenters. The van der Waals surface area contributed by atoms with Gasteiger partial charge >= 0.3 is 0 Å². The van der Waals surface area contributed by atoms with E-state index >= 15 is 0 Å². The number of halogens is 1. The van der Waals surface area contributed by atoms with Crippen molar-refractivity contribution < 1.29 is 19.4 Å². The molecule has 1 aliphatic carbocycles. The maximum Gasteiger partial charge on any atom is 0.231 e. The molecule has 6 nitrogen and oxygen atoms in total. The van der Waals surface area contributed by atoms with Gasteiger partial charge in [-0.05, 0) is 49.1 Å². The fourth-order valence-corrected chi connectivity index (χ4v) is 5.34. The van der Waals surface area contributed by atoms with Crippen molar-refractivity contribution in [3.8, 4) is 11.5 Å². The number of aliphatic hydroxyl groups excluding tert-OH is 1. The minimum absolute atomic E-state index is 0.00547. The fourth-order valence-electron chi connectivity index (χ4n) is 4.27. The van der Waals surface area contributed by atoms with E-state index in [-0.39, 0.29) is 37.7 Å². The lowest BCUT2D eigenvalue weighted by atomic mass is 9.89. The first kappa shape index (κ1) is 22.3. The zero-order valence-corrected chi connectivity index (χ0v) is 19.8. The number of nitrogens with zero attached hydrogens (tertiary/aromatic N) is 1. The van der Waals surface area contributed by atoms with Gasteiger partial charge < -0.3 is 19.9 Å². The van der Waals surface area contributed by atoms with Crippen molar-refractivity contribution in [1.29, 1.82) is 0 Å². The van der Waals surface area contributed by atoms with Gasteiger partial charge in [0.05, 0.1) is 30.2 Å². The Bertz CT molecular complexity index is 1180. The smallest absolute Gasteiger partial charge is 0.231 e. The number of hydrogen-bond acceptors (Lipinski definition) is 7. The van der Waals surface area contributed by atoms with Crippen LogP contribution in [0.15, 0.2) is 47.8 Å². The van der Waals surface area contributed by atoms with Crippen molar-refractivity contribution >= 4 is 28.7 Å². The van der Waals surface area contributed by atoms with E-state index in [1.54, 1.807) is 0 Å². The summed E-state index contributed by atoms with van der Waals surface area (Å²) in [6.45, 7) is 2.12. The number of rotatable bonds is 9. The van der Waals surface area contributed by atoms with E-state index in [0.29, 0.717) is 10.8 Å². The number of ether oxygens (including phenoxy) is 2. The normalized spacial score (nSPS) is 17.5. The number of ketones is 1. The third-order valence-corrected chi connectivity index (χ3v) is 7.54. The molecule has 3 aromatic rings. The van der Waals surface area contributed by atoms with Crippen molar-refractivity contribution in [3.05, 3.63) is 74.7 Å². The summed E-state index contributed by atoms with van der Waals surface area (Å²) in [4.78, 5) is 18.1. The van der Waals surface area contributed by atoms with Crippen LogP contribution in [-0.4, -0.2) is 35.3 Å². The second-order valence-corrected chi connectivity index (χ2v) is 9.97. The molecule has 1 aromatic heterocycles. The van der Waals surface area contributed by atoms with Crippen LogP contribution in [0.3, 0.4) is 0 Å². The molecule has 2 heterocycles. The highest BCUT2D eigenvalue weighted by molar-refractivity contribution is 7.09. The van der Waals surface area contributed by atoms with Crippen LogP contribution in [0, 0.1) is 0 Å². The molecule has 1 fully saturated rings. The predicted octanol–water partition coefficient (Wildman–Crippen LogP) is 4.43. The molecule has 2 atom stereocenters. The maximum atomic E-state index is 13.3. The van der Waals surface area contributed by atoms with Gasteiger partial charge in [0.25, 0.3) is 0 Å². The molecular formula is C25H25ClN2O4S. The zero-order valence-electron chi connectivity index (χ0n) is 18.2. The molecule has 2 N–H and O–H groups in total. The highest BCUT2D eigenvalue weighted by Crippen LogP contribution is 2.51. The maximum absolute atomic E-state index is 13.3. The van der Waals surface area contributed by atoms with E-state index in [1.165, 1.54) is 11.3 Å². The first-order chi connectivity index (χ1) is 16.0. The lowest BCUT2D eigenvalue weighted by Crippen LogP contribution is -2.34. The van der Waals surface area contributed by atoms with Gasteiger partial charge in [-0.1, -0.05) is 35.9 Å². The zero-order chi connectivity index (χ0) is 23.0. The second kappa shape index (κ2) is 9.06. The average Bonchev–Trinajstić information content (AvgIpc) is 3.28. The molecule has 172 valence electrons. The summed E-state index contributed by atoms with van der Waals surface area (Å²) in [7, 11) is 0. The van der Waals surface area contributed by atoms with Crippen LogP contribution in [0.5, 0.6) is 11.5 Å². The number of thiazole rings is 1. The SMILES string of the molecule is C[C@@H](CO)NC(c1csc(CC(=O)C2(c3ccc4c(c3)OCO4)CC2)n1)c1ccccc1Cl. The molecule has 1 aliphatic heterocycles. The number of aromatic nitrogens is 1. The minimum atomic E-state index is -0.460. The highest BCUT2D eigenvalue weighted by Gasteiger charge is 2.51. The van der Waals surface area contributed by atoms with Crippen LogP contribution in [-0.2, 0) is 16.6 Å². The summed E-state index contributed by atoms with van der Waals surface area (Å²) in [6.07, 6.45) is 1.95. The van der Waals surface area contributed by atoms with Gasteiger partial charge in [-0.15, -0.1) is 11.3 Å². The Morgan fingerprint density at radius 2 is 2.03 bits per heavy atom. The number of fused-ring (bicyclic) bond motifs is 1. The highest BCUT2D eigenvalue weighted by atomic mass is 35.5. The Morgan fingerprint density at radius 1 is 1.24 bits per heavy atom. The summed E-state index contributed by atoms with van der Waals surface area (Å²) in [5.41, 5.74) is 2.21. The van der Waals surface area contributed by atoms with Crippen molar-refractivity contribution in [2.75, 3.05) is 13.4 Å². The van der Waals surface area contributed by atoms with Crippen molar-refractivity contribution in [1.82, 2.24) is 10.3 Å². The van der Waals surface area contributed by atoms with E-state index < -0.39 is 5.41 Å². The van der Waals surface area contributed by atoms with E-state index in [9.17, 15) is 9.90 Å². The van der Waals surface area contributed by atoms with Gasteiger partial charge in [0.2, 0.25) is 6.79 Å². The van der Waals surface area contributed by atoms with E-state index in [1.807, 2.05) is 54.8 Å². The summed E-state index contributed by atoms with van der Waals surface area (Å²) >= 11 is 7.94. The molecule has 0 amide bonds. The van der Waals surface area contributed by atoms with Crippen LogP contribution < -0.4 is 14.8 Å². The molecule has 1 saturated carbocycles. The Hall–Kier alpha value is -2.45. The number of Topliss-reactive ketones (excluding diaryl/α,β-unsaturated/α-hetero) is 1. The molecule has 0 saturated heterocycles. The summed E-state index contributed by atoms with van der Waals surface area (Å²) in [6, 6.07) is 13.0. The van der Waals surface area contributed by atoms with Gasteiger partial charge in [0, 0.05) is 16.4 Å². The number of carbonyl (C=O) groups is 1. The average molecular weight is 485 g/mol. The number of hydrogen-bond donors (Lipinski definition) is 2. The molecule has 2 aliphatic rings. The molecule has 33 heavy (non-hydrogen) atoms. The number of nitrogens with one attached hydrogen (secondary N) is 1. The van der Waals surface area contributed by atoms with Crippen LogP contribution in [0.2, 0.25) is 5.02 Å². The van der Waals surface area contributed by atoms with Gasteiger partial charge in [-0.2, -0.15) is 0 Å². The van der Waals surface area contributed by atoms with Crippen molar-refractivity contribution in [3.63, 3.8) is 0 Å². The second-order valence-electron chi connectivity index (χ2n) is 8.62. The van der Waals surface area contributed by atoms with Gasteiger partial charge in [0.15, 0.2) is 11.5 Å². The summed E-state index contributed by atoms with van der Waals surface area (Å²) < 4.78 is 10.9. The lowest BCUT2D eigenvalue weighted by Gasteiger charge is -2.22. The molecule has 8 heteroatoms. The molecule has 2 aromatic carbocycles. The number of benzene rings is 2. The van der Waals surface area contributed by atoms with Gasteiger partial charge in [-0.25, -0.2) is 4.98 Å². The minimum Gasteiger partial charge on any atom is -0.454 e. The van der Waals surface area contributed by atoms with E-state index in [2.05, 4.69) is 5.32 Å². The van der Waals surface area contributed by atoms with Crippen molar-refractivity contribution in [2.24, 2.45) is 0 Å². The first-order valence-corrected chi connectivity index (χ1v) is 12.2. The van der Waals surface area contributed by atoms with Crippen LogP contribution in [0.1, 0.15) is 47.6 Å². The van der Waals surface area contributed by atoms with Crippen LogP contribution in [0.25, 0.3) is 0 Å². The Kier molecular flexibility index (Phi) is 6.14. The van der Waals surface area contributed by atoms with Gasteiger partial charge in [-0.3, -0.25) is 4.79 Å². The van der Waals surface area contributed by atoms with E-state index in [0.717, 1.165) is 40.4 Å². The van der Waals surface area contributed by atoms with E-state index in [4.69, 9.17) is 26.1 Å². The fraction of sp³-hybridized carbons (Fsp3) is 0.360. The molecule has 0 bridgehead atoms. The third kappa shape index (κ3) is 4.38. The lowest BCUT2D eigenvalue weighted by molar-refractivity contribution is -0.120. The summed E-state index contributed by atoms with van der Waals surface area (Å²) in [5.74, 6) is 1.60. The standard InChI is InChI=1S/C25H25ClN2O4S/c1-15(12-29)27-24(17-4-2-3-5-18(17)26)19-13-33-23(28-19)11-22(30)25(8-9-25)16-6-7-20-21(10-16)32-14-31-20/h2-7,10,13,15,24,27,29H,8-9,11-12,14H2,1H3/t15-,24?/m0/s1. The monoisotopic (exact) mass is 484 g/mol. The topological polar surface area (TPSA) is 80.7 Å². The van der Waals surface area contributed by atoms with Crippen LogP contribution in [0.4, 0.5) is 0 Å². The first-order valence-electron chi connectivity index (χ1n) is 11.0. The predicted molar refractivity (Wildman–Crippen MR) is 127 cm³/mol. The Balaban J connectivity index is 1.36. The quantitative estimate of drug-likeness (QED) is 0.467. The molecule has 0 radical (unpaired) electrons. The third-order valence-electron chi connectivity index (χ3n) is 6.33.